The molecule has 1 aliphatic heterocycles. The van der Waals surface area contributed by atoms with Crippen LogP contribution in [0.1, 0.15) is 12.8 Å². The Hall–Kier alpha value is -2.24. The van der Waals surface area contributed by atoms with Gasteiger partial charge in [-0.1, -0.05) is 0 Å². The molecule has 0 aromatic heterocycles. The molecule has 1 aliphatic rings. The van der Waals surface area contributed by atoms with Crippen molar-refractivity contribution in [2.24, 2.45) is 0 Å². The molecule has 0 radical (unpaired) electrons. The van der Waals surface area contributed by atoms with Crippen LogP contribution in [-0.2, 0) is 9.59 Å². The van der Waals surface area contributed by atoms with Crippen LogP contribution in [0.2, 0.25) is 0 Å². The van der Waals surface area contributed by atoms with Gasteiger partial charge in [0.1, 0.15) is 11.8 Å². The minimum atomic E-state index is -0.457. The highest BCUT2D eigenvalue weighted by Gasteiger charge is 2.27. The van der Waals surface area contributed by atoms with Gasteiger partial charge in [-0.05, 0) is 18.6 Å². The SMILES string of the molecule is COc1cc(NC(=O)C2CCC(=O)N2)ccc1N. The van der Waals surface area contributed by atoms with Gasteiger partial charge in [0.25, 0.3) is 0 Å². The van der Waals surface area contributed by atoms with E-state index in [1.165, 1.54) is 7.11 Å². The van der Waals surface area contributed by atoms with Crippen LogP contribution in [0.4, 0.5) is 11.4 Å². The molecule has 0 saturated carbocycles. The lowest BCUT2D eigenvalue weighted by molar-refractivity contribution is -0.122. The van der Waals surface area contributed by atoms with Crippen molar-refractivity contribution in [2.75, 3.05) is 18.2 Å². The molecule has 2 rings (SSSR count). The number of carbonyl (C=O) groups is 2. The highest BCUT2D eigenvalue weighted by atomic mass is 16.5. The number of benzene rings is 1. The van der Waals surface area contributed by atoms with E-state index in [-0.39, 0.29) is 11.8 Å². The van der Waals surface area contributed by atoms with Crippen LogP contribution in [0.3, 0.4) is 0 Å². The maximum absolute atomic E-state index is 11.8. The Morgan fingerprint density at radius 2 is 2.33 bits per heavy atom. The molecular formula is C12H15N3O3. The highest BCUT2D eigenvalue weighted by Crippen LogP contribution is 2.25. The van der Waals surface area contributed by atoms with Gasteiger partial charge < -0.3 is 21.1 Å². The van der Waals surface area contributed by atoms with Gasteiger partial charge in [-0.15, -0.1) is 0 Å². The lowest BCUT2D eigenvalue weighted by atomic mass is 10.2. The largest absolute Gasteiger partial charge is 0.495 e. The van der Waals surface area contributed by atoms with E-state index in [4.69, 9.17) is 10.5 Å². The molecule has 4 N–H and O–H groups in total. The maximum Gasteiger partial charge on any atom is 0.246 e. The van der Waals surface area contributed by atoms with E-state index in [0.29, 0.717) is 30.0 Å². The average molecular weight is 249 g/mol. The van der Waals surface area contributed by atoms with Crippen molar-refractivity contribution >= 4 is 23.2 Å². The summed E-state index contributed by atoms with van der Waals surface area (Å²) in [6.07, 6.45) is 0.917. The Labute approximate surface area is 104 Å². The standard InChI is InChI=1S/C12H15N3O3/c1-18-10-6-7(2-3-8(10)13)14-12(17)9-4-5-11(16)15-9/h2-3,6,9H,4-5,13H2,1H3,(H,14,17)(H,15,16). The fraction of sp³-hybridized carbons (Fsp3) is 0.333. The first-order chi connectivity index (χ1) is 8.60. The quantitative estimate of drug-likeness (QED) is 0.680. The van der Waals surface area contributed by atoms with Crippen molar-refractivity contribution in [3.05, 3.63) is 18.2 Å². The van der Waals surface area contributed by atoms with E-state index in [2.05, 4.69) is 10.6 Å². The number of methoxy groups -OCH3 is 1. The number of amides is 2. The summed E-state index contributed by atoms with van der Waals surface area (Å²) >= 11 is 0. The first-order valence-corrected chi connectivity index (χ1v) is 5.64. The smallest absolute Gasteiger partial charge is 0.246 e. The van der Waals surface area contributed by atoms with Crippen LogP contribution in [0.5, 0.6) is 5.75 Å². The van der Waals surface area contributed by atoms with Crippen LogP contribution in [0.25, 0.3) is 0 Å². The number of nitrogens with two attached hydrogens (primary N) is 1. The van der Waals surface area contributed by atoms with Gasteiger partial charge in [0.05, 0.1) is 12.8 Å². The summed E-state index contributed by atoms with van der Waals surface area (Å²) in [6.45, 7) is 0. The summed E-state index contributed by atoms with van der Waals surface area (Å²) in [6, 6.07) is 4.53. The lowest BCUT2D eigenvalue weighted by Crippen LogP contribution is -2.37. The average Bonchev–Trinajstić information content (AvgIpc) is 2.78. The number of nitrogen functional groups attached to an aromatic ring is 1. The van der Waals surface area contributed by atoms with Crippen molar-refractivity contribution in [3.8, 4) is 5.75 Å². The van der Waals surface area contributed by atoms with E-state index >= 15 is 0 Å². The molecule has 1 atom stereocenters. The zero-order valence-electron chi connectivity index (χ0n) is 10.0. The zero-order chi connectivity index (χ0) is 13.1. The fourth-order valence-corrected chi connectivity index (χ4v) is 1.83. The summed E-state index contributed by atoms with van der Waals surface area (Å²) < 4.78 is 5.06. The third kappa shape index (κ3) is 2.53. The van der Waals surface area contributed by atoms with Gasteiger partial charge in [-0.3, -0.25) is 9.59 Å². The van der Waals surface area contributed by atoms with Crippen LogP contribution < -0.4 is 21.1 Å². The van der Waals surface area contributed by atoms with Gasteiger partial charge in [-0.25, -0.2) is 0 Å². The van der Waals surface area contributed by atoms with Gasteiger partial charge in [0, 0.05) is 18.2 Å². The van der Waals surface area contributed by atoms with E-state index in [0.717, 1.165) is 0 Å². The first-order valence-electron chi connectivity index (χ1n) is 5.64. The monoisotopic (exact) mass is 249 g/mol. The molecule has 6 heteroatoms. The molecule has 18 heavy (non-hydrogen) atoms. The Bertz CT molecular complexity index is 487. The second kappa shape index (κ2) is 4.95. The second-order valence-electron chi connectivity index (χ2n) is 4.10. The molecule has 1 unspecified atom stereocenters. The minimum Gasteiger partial charge on any atom is -0.495 e. The third-order valence-corrected chi connectivity index (χ3v) is 2.81. The van der Waals surface area contributed by atoms with E-state index in [1.54, 1.807) is 18.2 Å². The molecule has 1 aromatic rings. The van der Waals surface area contributed by atoms with E-state index < -0.39 is 6.04 Å². The number of carbonyl (C=O) groups excluding carboxylic acids is 2. The molecule has 6 nitrogen and oxygen atoms in total. The minimum absolute atomic E-state index is 0.0926. The van der Waals surface area contributed by atoms with Crippen molar-refractivity contribution in [2.45, 2.75) is 18.9 Å². The van der Waals surface area contributed by atoms with Crippen LogP contribution in [-0.4, -0.2) is 25.0 Å². The maximum atomic E-state index is 11.8. The topological polar surface area (TPSA) is 93.4 Å². The number of anilines is 2. The molecule has 0 aliphatic carbocycles. The Kier molecular flexibility index (Phi) is 3.36. The Morgan fingerprint density at radius 3 is 2.94 bits per heavy atom. The first kappa shape index (κ1) is 12.2. The molecule has 0 bridgehead atoms. The number of rotatable bonds is 3. The molecule has 1 aromatic carbocycles. The molecule has 1 saturated heterocycles. The fourth-order valence-electron chi connectivity index (χ4n) is 1.83. The van der Waals surface area contributed by atoms with Crippen LogP contribution in [0.15, 0.2) is 18.2 Å². The summed E-state index contributed by atoms with van der Waals surface area (Å²) in [5.74, 6) is 0.181. The summed E-state index contributed by atoms with van der Waals surface area (Å²) in [7, 11) is 1.51. The number of hydrogen-bond donors (Lipinski definition) is 3. The lowest BCUT2D eigenvalue weighted by Gasteiger charge is -2.12. The van der Waals surface area contributed by atoms with Crippen molar-refractivity contribution in [1.82, 2.24) is 5.32 Å². The van der Waals surface area contributed by atoms with E-state index in [1.807, 2.05) is 0 Å². The van der Waals surface area contributed by atoms with Crippen molar-refractivity contribution in [3.63, 3.8) is 0 Å². The van der Waals surface area contributed by atoms with E-state index in [9.17, 15) is 9.59 Å². The van der Waals surface area contributed by atoms with Crippen molar-refractivity contribution < 1.29 is 14.3 Å². The van der Waals surface area contributed by atoms with Crippen LogP contribution >= 0.6 is 0 Å². The zero-order valence-corrected chi connectivity index (χ0v) is 10.0. The predicted octanol–water partition coefficient (Wildman–Crippen LogP) is 0.494. The van der Waals surface area contributed by atoms with Gasteiger partial charge in [0.15, 0.2) is 0 Å². The van der Waals surface area contributed by atoms with Gasteiger partial charge >= 0.3 is 0 Å². The predicted molar refractivity (Wildman–Crippen MR) is 67.2 cm³/mol. The molecule has 1 heterocycles. The van der Waals surface area contributed by atoms with Gasteiger partial charge in [0.2, 0.25) is 11.8 Å². The summed E-state index contributed by atoms with van der Waals surface area (Å²) in [4.78, 5) is 22.9. The molecule has 0 spiro atoms. The van der Waals surface area contributed by atoms with Crippen molar-refractivity contribution in [1.29, 1.82) is 0 Å². The second-order valence-corrected chi connectivity index (χ2v) is 4.10. The number of hydrogen-bond acceptors (Lipinski definition) is 4. The Morgan fingerprint density at radius 1 is 1.56 bits per heavy atom. The Balaban J connectivity index is 2.05. The number of ether oxygens (including phenoxy) is 1. The van der Waals surface area contributed by atoms with Crippen LogP contribution in [0, 0.1) is 0 Å². The van der Waals surface area contributed by atoms with Gasteiger partial charge in [-0.2, -0.15) is 0 Å². The number of nitrogens with one attached hydrogen (secondary N) is 2. The molecule has 2 amide bonds. The highest BCUT2D eigenvalue weighted by molar-refractivity contribution is 5.99. The normalized spacial score (nSPS) is 18.3. The molecule has 1 fully saturated rings. The third-order valence-electron chi connectivity index (χ3n) is 2.81. The summed E-state index contributed by atoms with van der Waals surface area (Å²) in [5, 5.41) is 5.32. The molecular weight excluding hydrogens is 234 g/mol. The molecule has 96 valence electrons. The summed E-state index contributed by atoms with van der Waals surface area (Å²) in [5.41, 5.74) is 6.77.